The summed E-state index contributed by atoms with van der Waals surface area (Å²) >= 11 is 0. The molecular weight excluding hydrogens is 769 g/mol. The van der Waals surface area contributed by atoms with Gasteiger partial charge in [-0.1, -0.05) is 214 Å². The molecule has 0 heterocycles. The van der Waals surface area contributed by atoms with Gasteiger partial charge in [-0.25, -0.2) is 0 Å². The van der Waals surface area contributed by atoms with E-state index in [1.807, 2.05) is 19.9 Å². The standard InChI is InChI=1S/C62H42.C2H6/c1-4-12-43-27-29-47-31-35-54(56-34-22-40(3)58(43)61(47)56)51-20-11-21-52(39-51)59(55(13-5-2)42-14-7-6-8-15-42)46-25-23-41(24-26-46)49-18-10-19-50(38-49)53-36-32-48-30-28-44-16-9-17-45-33-37-57(53)62(48)60(44)45;1-2/h2,4,6-25,27-39H,3,26H2,1H3;1-2H3/b12-4-,55-13-,59-46-;. The van der Waals surface area contributed by atoms with Gasteiger partial charge in [0, 0.05) is 0 Å². The Labute approximate surface area is 376 Å². The monoisotopic (exact) mass is 816 g/mol. The Morgan fingerprint density at radius 2 is 1.12 bits per heavy atom. The second kappa shape index (κ2) is 17.1. The van der Waals surface area contributed by atoms with Crippen LogP contribution in [0.4, 0.5) is 0 Å². The highest BCUT2D eigenvalue weighted by atomic mass is 14.2. The lowest BCUT2D eigenvalue weighted by Crippen LogP contribution is -2.02. The van der Waals surface area contributed by atoms with Gasteiger partial charge in [0.25, 0.3) is 0 Å². The Morgan fingerprint density at radius 1 is 0.547 bits per heavy atom. The molecule has 0 atom stereocenters. The van der Waals surface area contributed by atoms with Gasteiger partial charge in [0.05, 0.1) is 0 Å². The second-order valence-corrected chi connectivity index (χ2v) is 16.3. The van der Waals surface area contributed by atoms with Gasteiger partial charge < -0.3 is 0 Å². The maximum Gasteiger partial charge on any atom is -0.00190 e. The van der Waals surface area contributed by atoms with Gasteiger partial charge in [-0.05, 0) is 157 Å². The van der Waals surface area contributed by atoms with E-state index in [2.05, 4.69) is 220 Å². The molecule has 0 bridgehead atoms. The van der Waals surface area contributed by atoms with Gasteiger partial charge in [-0.2, -0.15) is 0 Å². The zero-order valence-corrected chi connectivity index (χ0v) is 36.6. The average molecular weight is 817 g/mol. The lowest BCUT2D eigenvalue weighted by atomic mass is 9.83. The molecule has 0 aromatic heterocycles. The van der Waals surface area contributed by atoms with Gasteiger partial charge in [0.15, 0.2) is 0 Å². The first-order valence-corrected chi connectivity index (χ1v) is 22.4. The van der Waals surface area contributed by atoms with Gasteiger partial charge in [0.1, 0.15) is 0 Å². The van der Waals surface area contributed by atoms with Crippen LogP contribution >= 0.6 is 0 Å². The van der Waals surface area contributed by atoms with Crippen molar-refractivity contribution in [2.75, 3.05) is 0 Å². The SMILES string of the molecule is C#C/C=C(\C(=C1\C=CC(c2cccc(-c3ccc4ccc5cccc6ccc3c4c56)c2)=CC1)c1cccc(-c2ccc3ccc(/C=C\C)c4c(=C)ccc2c34)c1)c1ccccc1.CC. The predicted octanol–water partition coefficient (Wildman–Crippen LogP) is 16.9. The minimum absolute atomic E-state index is 0.756. The van der Waals surface area contributed by atoms with Crippen LogP contribution in [-0.4, -0.2) is 0 Å². The maximum atomic E-state index is 6.13. The van der Waals surface area contributed by atoms with Crippen molar-refractivity contribution in [3.63, 3.8) is 0 Å². The molecule has 10 aromatic carbocycles. The molecule has 0 amide bonds. The molecule has 0 saturated carbocycles. The van der Waals surface area contributed by atoms with Crippen molar-refractivity contribution >= 4 is 83.2 Å². The first-order chi connectivity index (χ1) is 31.6. The molecule has 304 valence electrons. The van der Waals surface area contributed by atoms with E-state index in [9.17, 15) is 0 Å². The molecule has 64 heavy (non-hydrogen) atoms. The highest BCUT2D eigenvalue weighted by Crippen LogP contribution is 2.43. The van der Waals surface area contributed by atoms with Crippen molar-refractivity contribution in [1.29, 1.82) is 0 Å². The summed E-state index contributed by atoms with van der Waals surface area (Å²) in [6, 6.07) is 62.1. The van der Waals surface area contributed by atoms with Crippen molar-refractivity contribution in [3.8, 4) is 34.6 Å². The van der Waals surface area contributed by atoms with E-state index in [0.29, 0.717) is 0 Å². The Morgan fingerprint density at radius 3 is 1.81 bits per heavy atom. The van der Waals surface area contributed by atoms with Crippen molar-refractivity contribution in [2.45, 2.75) is 27.2 Å². The minimum atomic E-state index is 0.756. The van der Waals surface area contributed by atoms with Crippen LogP contribution in [0, 0.1) is 12.3 Å². The van der Waals surface area contributed by atoms with Crippen LogP contribution in [0.25, 0.3) is 105 Å². The normalized spacial score (nSPS) is 13.8. The fraction of sp³-hybridized carbons (Fsp3) is 0.0625. The third kappa shape index (κ3) is 6.93. The summed E-state index contributed by atoms with van der Waals surface area (Å²) in [6.07, 6.45) is 20.0. The van der Waals surface area contributed by atoms with Gasteiger partial charge in [-0.3, -0.25) is 0 Å². The third-order valence-corrected chi connectivity index (χ3v) is 12.8. The molecule has 0 nitrogen and oxygen atoms in total. The summed E-state index contributed by atoms with van der Waals surface area (Å²) in [7, 11) is 0. The van der Waals surface area contributed by atoms with E-state index >= 15 is 0 Å². The number of hydrogen-bond donors (Lipinski definition) is 0. The Hall–Kier alpha value is -7.98. The van der Waals surface area contributed by atoms with E-state index in [-0.39, 0.29) is 0 Å². The van der Waals surface area contributed by atoms with Crippen molar-refractivity contribution < 1.29 is 0 Å². The smallest absolute Gasteiger partial charge is 0.00190 e. The van der Waals surface area contributed by atoms with Crippen LogP contribution in [0.3, 0.4) is 0 Å². The maximum absolute atomic E-state index is 6.13. The van der Waals surface area contributed by atoms with Gasteiger partial charge in [-0.15, -0.1) is 6.42 Å². The summed E-state index contributed by atoms with van der Waals surface area (Å²) in [4.78, 5) is 0. The summed E-state index contributed by atoms with van der Waals surface area (Å²) in [5.41, 5.74) is 14.0. The molecule has 0 radical (unpaired) electrons. The first-order valence-electron chi connectivity index (χ1n) is 22.4. The topological polar surface area (TPSA) is 0 Å². The second-order valence-electron chi connectivity index (χ2n) is 16.3. The fourth-order valence-electron chi connectivity index (χ4n) is 9.97. The number of rotatable bonds is 7. The summed E-state index contributed by atoms with van der Waals surface area (Å²) in [6.45, 7) is 10.5. The molecule has 1 aliphatic rings. The van der Waals surface area contributed by atoms with Gasteiger partial charge >= 0.3 is 0 Å². The van der Waals surface area contributed by atoms with Gasteiger partial charge in [0.2, 0.25) is 0 Å². The minimum Gasteiger partial charge on any atom is -0.115 e. The van der Waals surface area contributed by atoms with E-state index in [0.717, 1.165) is 39.5 Å². The molecule has 1 aliphatic carbocycles. The van der Waals surface area contributed by atoms with E-state index < -0.39 is 0 Å². The summed E-state index contributed by atoms with van der Waals surface area (Å²) in [5, 5.41) is 13.8. The molecule has 0 unspecified atom stereocenters. The largest absolute Gasteiger partial charge is 0.115 e. The molecule has 0 fully saturated rings. The average Bonchev–Trinajstić information content (AvgIpc) is 3.35. The zero-order chi connectivity index (χ0) is 43.7. The molecule has 0 aliphatic heterocycles. The number of allylic oxidation sites excluding steroid dienone is 9. The predicted molar refractivity (Wildman–Crippen MR) is 281 cm³/mol. The lowest BCUT2D eigenvalue weighted by molar-refractivity contribution is 1.27. The Balaban J connectivity index is 0.00000239. The lowest BCUT2D eigenvalue weighted by Gasteiger charge is -2.20. The molecule has 10 aromatic rings. The van der Waals surface area contributed by atoms with Crippen molar-refractivity contribution in [3.05, 3.63) is 233 Å². The molecule has 11 rings (SSSR count). The van der Waals surface area contributed by atoms with Crippen LogP contribution in [0.1, 0.15) is 49.4 Å². The van der Waals surface area contributed by atoms with E-state index in [1.165, 1.54) is 92.8 Å². The molecule has 0 saturated heterocycles. The number of terminal acetylenes is 1. The quantitative estimate of drug-likeness (QED) is 0.111. The molecule has 0 N–H and O–H groups in total. The highest BCUT2D eigenvalue weighted by Gasteiger charge is 2.19. The Kier molecular flexibility index (Phi) is 10.7. The highest BCUT2D eigenvalue weighted by molar-refractivity contribution is 6.25. The van der Waals surface area contributed by atoms with Crippen LogP contribution in [-0.2, 0) is 0 Å². The van der Waals surface area contributed by atoms with Crippen molar-refractivity contribution in [1.82, 2.24) is 0 Å². The van der Waals surface area contributed by atoms with Crippen LogP contribution < -0.4 is 5.22 Å². The molecule has 0 spiro atoms. The zero-order valence-electron chi connectivity index (χ0n) is 36.6. The molecular formula is C64H48. The van der Waals surface area contributed by atoms with E-state index in [4.69, 9.17) is 6.42 Å². The number of hydrogen-bond acceptors (Lipinski definition) is 0. The third-order valence-electron chi connectivity index (χ3n) is 12.8. The first kappa shape index (κ1) is 40.1. The summed E-state index contributed by atoms with van der Waals surface area (Å²) < 4.78 is 0. The van der Waals surface area contributed by atoms with Crippen molar-refractivity contribution in [2.24, 2.45) is 0 Å². The fourth-order valence-corrected chi connectivity index (χ4v) is 9.97. The number of benzene rings is 10. The summed E-state index contributed by atoms with van der Waals surface area (Å²) in [5.74, 6) is 2.90. The van der Waals surface area contributed by atoms with Crippen LogP contribution in [0.2, 0.25) is 0 Å². The molecule has 0 heteroatoms. The Bertz CT molecular complexity index is 3650. The van der Waals surface area contributed by atoms with Crippen LogP contribution in [0.5, 0.6) is 0 Å². The van der Waals surface area contributed by atoms with Crippen LogP contribution in [0.15, 0.2) is 206 Å². The van der Waals surface area contributed by atoms with E-state index in [1.54, 1.807) is 0 Å².